The van der Waals surface area contributed by atoms with Crippen LogP contribution in [0.15, 0.2) is 24.3 Å². The predicted molar refractivity (Wildman–Crippen MR) is 83.5 cm³/mol. The highest BCUT2D eigenvalue weighted by Crippen LogP contribution is 2.47. The largest absolute Gasteiger partial charge is 0.376 e. The molecular formula is C16H25ClN2O. The summed E-state index contributed by atoms with van der Waals surface area (Å²) in [6.45, 7) is 4.62. The molecule has 1 aliphatic carbocycles. The van der Waals surface area contributed by atoms with Crippen LogP contribution in [0.1, 0.15) is 51.1 Å². The Morgan fingerprint density at radius 3 is 2.30 bits per heavy atom. The SMILES string of the molecule is COC1(C(NN)c2ccccc2Cl)CCC(C)(C)CC1. The van der Waals surface area contributed by atoms with Crippen LogP contribution in [0.3, 0.4) is 0 Å². The zero-order valence-corrected chi connectivity index (χ0v) is 13.3. The normalized spacial score (nSPS) is 22.4. The molecule has 1 aromatic carbocycles. The first-order chi connectivity index (χ1) is 9.44. The molecule has 1 saturated carbocycles. The van der Waals surface area contributed by atoms with Gasteiger partial charge in [-0.2, -0.15) is 0 Å². The van der Waals surface area contributed by atoms with Gasteiger partial charge < -0.3 is 4.74 Å². The van der Waals surface area contributed by atoms with Crippen LogP contribution < -0.4 is 11.3 Å². The van der Waals surface area contributed by atoms with Crippen LogP contribution in [-0.2, 0) is 4.74 Å². The molecule has 20 heavy (non-hydrogen) atoms. The third kappa shape index (κ3) is 3.01. The minimum Gasteiger partial charge on any atom is -0.376 e. The van der Waals surface area contributed by atoms with E-state index in [9.17, 15) is 0 Å². The summed E-state index contributed by atoms with van der Waals surface area (Å²) in [5.41, 5.74) is 4.04. The average Bonchev–Trinajstić information content (AvgIpc) is 2.44. The molecule has 1 aliphatic rings. The van der Waals surface area contributed by atoms with Crippen molar-refractivity contribution in [3.63, 3.8) is 0 Å². The number of rotatable bonds is 4. The number of nitrogens with one attached hydrogen (secondary N) is 1. The number of ether oxygens (including phenoxy) is 1. The Morgan fingerprint density at radius 2 is 1.80 bits per heavy atom. The lowest BCUT2D eigenvalue weighted by Crippen LogP contribution is -2.51. The topological polar surface area (TPSA) is 47.3 Å². The van der Waals surface area contributed by atoms with Gasteiger partial charge in [-0.25, -0.2) is 0 Å². The van der Waals surface area contributed by atoms with Gasteiger partial charge in [0.1, 0.15) is 0 Å². The first-order valence-corrected chi connectivity index (χ1v) is 7.58. The highest BCUT2D eigenvalue weighted by atomic mass is 35.5. The van der Waals surface area contributed by atoms with Crippen molar-refractivity contribution in [1.29, 1.82) is 0 Å². The molecule has 1 unspecified atom stereocenters. The quantitative estimate of drug-likeness (QED) is 0.656. The molecule has 0 spiro atoms. The summed E-state index contributed by atoms with van der Waals surface area (Å²) in [7, 11) is 1.78. The summed E-state index contributed by atoms with van der Waals surface area (Å²) in [5.74, 6) is 5.84. The first-order valence-electron chi connectivity index (χ1n) is 7.20. The van der Waals surface area contributed by atoms with Crippen molar-refractivity contribution in [3.05, 3.63) is 34.9 Å². The Balaban J connectivity index is 2.32. The van der Waals surface area contributed by atoms with E-state index in [1.807, 2.05) is 24.3 Å². The summed E-state index contributed by atoms with van der Waals surface area (Å²) in [6, 6.07) is 7.76. The van der Waals surface area contributed by atoms with Crippen molar-refractivity contribution < 1.29 is 4.74 Å². The van der Waals surface area contributed by atoms with Crippen molar-refractivity contribution in [1.82, 2.24) is 5.43 Å². The van der Waals surface area contributed by atoms with Gasteiger partial charge in [-0.1, -0.05) is 43.6 Å². The van der Waals surface area contributed by atoms with Gasteiger partial charge in [0.2, 0.25) is 0 Å². The van der Waals surface area contributed by atoms with Gasteiger partial charge in [0, 0.05) is 12.1 Å². The lowest BCUT2D eigenvalue weighted by atomic mass is 9.67. The van der Waals surface area contributed by atoms with E-state index in [2.05, 4.69) is 19.3 Å². The van der Waals surface area contributed by atoms with Crippen LogP contribution in [-0.4, -0.2) is 12.7 Å². The lowest BCUT2D eigenvalue weighted by molar-refractivity contribution is -0.0877. The second kappa shape index (κ2) is 6.02. The molecule has 2 rings (SSSR count). The van der Waals surface area contributed by atoms with Crippen LogP contribution in [0.25, 0.3) is 0 Å². The second-order valence-electron chi connectivity index (χ2n) is 6.55. The van der Waals surface area contributed by atoms with Crippen molar-refractivity contribution in [2.75, 3.05) is 7.11 Å². The van der Waals surface area contributed by atoms with Crippen LogP contribution in [0.5, 0.6) is 0 Å². The number of hydrazine groups is 1. The molecule has 3 N–H and O–H groups in total. The minimum atomic E-state index is -0.282. The fourth-order valence-corrected chi connectivity index (χ4v) is 3.44. The molecule has 1 atom stereocenters. The lowest BCUT2D eigenvalue weighted by Gasteiger charge is -2.47. The third-order valence-electron chi connectivity index (χ3n) is 4.77. The van der Waals surface area contributed by atoms with E-state index in [0.29, 0.717) is 5.41 Å². The highest BCUT2D eigenvalue weighted by Gasteiger charge is 2.45. The number of benzene rings is 1. The number of nitrogens with two attached hydrogens (primary N) is 1. The van der Waals surface area contributed by atoms with Crippen molar-refractivity contribution in [3.8, 4) is 0 Å². The number of methoxy groups -OCH3 is 1. The van der Waals surface area contributed by atoms with E-state index in [0.717, 1.165) is 36.3 Å². The van der Waals surface area contributed by atoms with E-state index in [-0.39, 0.29) is 11.6 Å². The molecule has 0 heterocycles. The molecule has 0 saturated heterocycles. The summed E-state index contributed by atoms with van der Waals surface area (Å²) in [6.07, 6.45) is 4.22. The molecule has 3 nitrogen and oxygen atoms in total. The Bertz CT molecular complexity index is 452. The maximum absolute atomic E-state index is 6.34. The van der Waals surface area contributed by atoms with Crippen LogP contribution in [0, 0.1) is 5.41 Å². The molecule has 1 fully saturated rings. The standard InChI is InChI=1S/C16H25ClN2O/c1-15(2)8-10-16(20-3,11-9-15)14(19-18)12-6-4-5-7-13(12)17/h4-7,14,19H,8-11,18H2,1-3H3. The Labute approximate surface area is 126 Å². The van der Waals surface area contributed by atoms with Crippen LogP contribution in [0.4, 0.5) is 0 Å². The van der Waals surface area contributed by atoms with E-state index in [1.54, 1.807) is 7.11 Å². The highest BCUT2D eigenvalue weighted by molar-refractivity contribution is 6.31. The Hall–Kier alpha value is -0.610. The van der Waals surface area contributed by atoms with Gasteiger partial charge in [-0.15, -0.1) is 0 Å². The molecular weight excluding hydrogens is 272 g/mol. The molecule has 0 aromatic heterocycles. The average molecular weight is 297 g/mol. The third-order valence-corrected chi connectivity index (χ3v) is 5.11. The van der Waals surface area contributed by atoms with Crippen LogP contribution >= 0.6 is 11.6 Å². The first kappa shape index (κ1) is 15.8. The maximum Gasteiger partial charge on any atom is 0.0886 e. The monoisotopic (exact) mass is 296 g/mol. The fraction of sp³-hybridized carbons (Fsp3) is 0.625. The molecule has 0 amide bonds. The summed E-state index contributed by atoms with van der Waals surface area (Å²) in [4.78, 5) is 0. The molecule has 0 radical (unpaired) electrons. The zero-order valence-electron chi connectivity index (χ0n) is 12.6. The van der Waals surface area contributed by atoms with Crippen LogP contribution in [0.2, 0.25) is 5.02 Å². The van der Waals surface area contributed by atoms with Gasteiger partial charge in [-0.3, -0.25) is 11.3 Å². The van der Waals surface area contributed by atoms with E-state index < -0.39 is 0 Å². The number of hydrogen-bond donors (Lipinski definition) is 2. The van der Waals surface area contributed by atoms with E-state index >= 15 is 0 Å². The van der Waals surface area contributed by atoms with Crippen molar-refractivity contribution >= 4 is 11.6 Å². The summed E-state index contributed by atoms with van der Waals surface area (Å²) < 4.78 is 5.93. The van der Waals surface area contributed by atoms with E-state index in [1.165, 1.54) is 0 Å². The number of halogens is 1. The zero-order chi connectivity index (χ0) is 14.8. The second-order valence-corrected chi connectivity index (χ2v) is 6.96. The molecule has 4 heteroatoms. The molecule has 112 valence electrons. The van der Waals surface area contributed by atoms with Gasteiger partial charge in [0.05, 0.1) is 11.6 Å². The van der Waals surface area contributed by atoms with Gasteiger partial charge >= 0.3 is 0 Å². The number of hydrogen-bond acceptors (Lipinski definition) is 3. The van der Waals surface area contributed by atoms with Crippen molar-refractivity contribution in [2.45, 2.75) is 51.2 Å². The minimum absolute atomic E-state index is 0.0858. The van der Waals surface area contributed by atoms with Gasteiger partial charge in [0.15, 0.2) is 0 Å². The molecule has 0 bridgehead atoms. The van der Waals surface area contributed by atoms with Gasteiger partial charge in [0.25, 0.3) is 0 Å². The van der Waals surface area contributed by atoms with E-state index in [4.69, 9.17) is 22.2 Å². The maximum atomic E-state index is 6.34. The Kier molecular flexibility index (Phi) is 4.75. The van der Waals surface area contributed by atoms with Crippen molar-refractivity contribution in [2.24, 2.45) is 11.3 Å². The van der Waals surface area contributed by atoms with Gasteiger partial charge in [-0.05, 0) is 42.7 Å². The summed E-state index contributed by atoms with van der Waals surface area (Å²) >= 11 is 6.34. The summed E-state index contributed by atoms with van der Waals surface area (Å²) in [5, 5.41) is 0.733. The smallest absolute Gasteiger partial charge is 0.0886 e. The predicted octanol–water partition coefficient (Wildman–Crippen LogP) is 3.83. The Morgan fingerprint density at radius 1 is 1.20 bits per heavy atom. The fourth-order valence-electron chi connectivity index (χ4n) is 3.19. The molecule has 0 aliphatic heterocycles. The molecule has 1 aromatic rings.